The maximum Gasteiger partial charge on any atom is 0.243 e. The van der Waals surface area contributed by atoms with Crippen molar-refractivity contribution in [2.24, 2.45) is 0 Å². The summed E-state index contributed by atoms with van der Waals surface area (Å²) in [7, 11) is -1.87. The van der Waals surface area contributed by atoms with Gasteiger partial charge in [0, 0.05) is 25.5 Å². The number of rotatable bonds is 7. The minimum atomic E-state index is -3.43. The smallest absolute Gasteiger partial charge is 0.243 e. The third kappa shape index (κ3) is 4.05. The van der Waals surface area contributed by atoms with Crippen LogP contribution in [0, 0.1) is 6.92 Å². The lowest BCUT2D eigenvalue weighted by molar-refractivity contribution is 0.181. The van der Waals surface area contributed by atoms with Gasteiger partial charge in [-0.3, -0.25) is 0 Å². The molecule has 18 heavy (non-hydrogen) atoms. The molecule has 1 rings (SSSR count). The summed E-state index contributed by atoms with van der Waals surface area (Å²) in [5, 5.41) is 0.599. The van der Waals surface area contributed by atoms with Gasteiger partial charge >= 0.3 is 0 Å². The predicted octanol–water partition coefficient (Wildman–Crippen LogP) is 2.03. The van der Waals surface area contributed by atoms with Crippen LogP contribution >= 0.6 is 15.9 Å². The molecule has 0 aliphatic carbocycles. The first-order valence-corrected chi connectivity index (χ1v) is 8.20. The van der Waals surface area contributed by atoms with Crippen LogP contribution in [0.3, 0.4) is 0 Å². The van der Waals surface area contributed by atoms with Crippen LogP contribution in [0.2, 0.25) is 0 Å². The predicted molar refractivity (Wildman–Crippen MR) is 75.6 cm³/mol. The number of aryl methyl sites for hydroxylation is 1. The number of ether oxygens (including phenoxy) is 1. The summed E-state index contributed by atoms with van der Waals surface area (Å²) in [5.74, 6) is 0. The minimum absolute atomic E-state index is 0.324. The standard InChI is InChI=1S/C12H18BrNO3S/c1-11-3-5-12(6-4-11)18(15,16)14(8-7-13)9-10-17-2/h3-6H,7-10H2,1-2H3. The van der Waals surface area contributed by atoms with Gasteiger partial charge in [0.2, 0.25) is 10.0 Å². The van der Waals surface area contributed by atoms with Gasteiger partial charge in [0.05, 0.1) is 11.5 Å². The minimum Gasteiger partial charge on any atom is -0.383 e. The van der Waals surface area contributed by atoms with Gasteiger partial charge in [-0.25, -0.2) is 8.42 Å². The summed E-state index contributed by atoms with van der Waals surface area (Å²) in [6.07, 6.45) is 0. The summed E-state index contributed by atoms with van der Waals surface area (Å²) in [4.78, 5) is 0.324. The maximum atomic E-state index is 12.4. The van der Waals surface area contributed by atoms with Crippen molar-refractivity contribution < 1.29 is 13.2 Å². The zero-order valence-electron chi connectivity index (χ0n) is 10.6. The first kappa shape index (κ1) is 15.6. The highest BCUT2D eigenvalue weighted by Gasteiger charge is 2.23. The number of hydrogen-bond donors (Lipinski definition) is 0. The summed E-state index contributed by atoms with van der Waals surface area (Å²) >= 11 is 3.27. The number of nitrogens with zero attached hydrogens (tertiary/aromatic N) is 1. The molecule has 0 aliphatic heterocycles. The Bertz CT molecular complexity index is 459. The molecule has 0 fully saturated rings. The first-order valence-electron chi connectivity index (χ1n) is 5.64. The highest BCUT2D eigenvalue weighted by Crippen LogP contribution is 2.16. The fourth-order valence-electron chi connectivity index (χ4n) is 1.50. The van der Waals surface area contributed by atoms with Crippen molar-refractivity contribution in [2.75, 3.05) is 32.1 Å². The van der Waals surface area contributed by atoms with Crippen LogP contribution < -0.4 is 0 Å². The number of alkyl halides is 1. The van der Waals surface area contributed by atoms with Gasteiger partial charge < -0.3 is 4.74 Å². The van der Waals surface area contributed by atoms with Crippen molar-refractivity contribution in [3.05, 3.63) is 29.8 Å². The van der Waals surface area contributed by atoms with Crippen molar-refractivity contribution in [1.82, 2.24) is 4.31 Å². The molecule has 0 radical (unpaired) electrons. The Balaban J connectivity index is 2.96. The molecule has 102 valence electrons. The van der Waals surface area contributed by atoms with Gasteiger partial charge in [-0.1, -0.05) is 33.6 Å². The third-order valence-corrected chi connectivity index (χ3v) is 4.80. The van der Waals surface area contributed by atoms with E-state index in [-0.39, 0.29) is 0 Å². The molecule has 0 atom stereocenters. The molecular formula is C12H18BrNO3S. The van der Waals surface area contributed by atoms with E-state index in [1.807, 2.05) is 6.92 Å². The maximum absolute atomic E-state index is 12.4. The second-order valence-corrected chi connectivity index (χ2v) is 6.63. The van der Waals surface area contributed by atoms with E-state index >= 15 is 0 Å². The number of halogens is 1. The quantitative estimate of drug-likeness (QED) is 0.716. The molecule has 0 spiro atoms. The largest absolute Gasteiger partial charge is 0.383 e. The van der Waals surface area contributed by atoms with E-state index in [1.54, 1.807) is 31.4 Å². The molecule has 0 saturated heterocycles. The van der Waals surface area contributed by atoms with E-state index in [0.717, 1.165) is 5.56 Å². The van der Waals surface area contributed by atoms with Gasteiger partial charge in [0.1, 0.15) is 0 Å². The van der Waals surface area contributed by atoms with Crippen molar-refractivity contribution in [2.45, 2.75) is 11.8 Å². The molecule has 4 nitrogen and oxygen atoms in total. The molecule has 0 aliphatic rings. The summed E-state index contributed by atoms with van der Waals surface area (Å²) in [5.41, 5.74) is 1.04. The number of methoxy groups -OCH3 is 1. The molecule has 0 N–H and O–H groups in total. The average molecular weight is 336 g/mol. The Morgan fingerprint density at radius 2 is 1.83 bits per heavy atom. The highest BCUT2D eigenvalue weighted by atomic mass is 79.9. The lowest BCUT2D eigenvalue weighted by atomic mass is 10.2. The second kappa shape index (κ2) is 7.23. The molecule has 0 aromatic heterocycles. The van der Waals surface area contributed by atoms with Gasteiger partial charge in [0.25, 0.3) is 0 Å². The van der Waals surface area contributed by atoms with Crippen molar-refractivity contribution in [3.63, 3.8) is 0 Å². The summed E-state index contributed by atoms with van der Waals surface area (Å²) < 4.78 is 31.2. The van der Waals surface area contributed by atoms with Crippen LogP contribution in [-0.4, -0.2) is 44.9 Å². The fourth-order valence-corrected chi connectivity index (χ4v) is 3.59. The molecule has 0 heterocycles. The van der Waals surface area contributed by atoms with Gasteiger partial charge in [-0.2, -0.15) is 4.31 Å². The molecule has 0 unspecified atom stereocenters. The second-order valence-electron chi connectivity index (χ2n) is 3.90. The van der Waals surface area contributed by atoms with E-state index in [2.05, 4.69) is 15.9 Å². The first-order chi connectivity index (χ1) is 8.52. The zero-order chi connectivity index (χ0) is 13.6. The molecular weight excluding hydrogens is 318 g/mol. The molecule has 0 saturated carbocycles. The van der Waals surface area contributed by atoms with Crippen molar-refractivity contribution >= 4 is 26.0 Å². The van der Waals surface area contributed by atoms with Crippen LogP contribution in [0.1, 0.15) is 5.56 Å². The van der Waals surface area contributed by atoms with E-state index in [1.165, 1.54) is 4.31 Å². The molecule has 1 aromatic rings. The Kier molecular flexibility index (Phi) is 6.28. The Morgan fingerprint density at radius 1 is 1.22 bits per heavy atom. The Hall–Kier alpha value is -0.430. The average Bonchev–Trinajstić information content (AvgIpc) is 2.35. The van der Waals surface area contributed by atoms with Crippen LogP contribution in [0.4, 0.5) is 0 Å². The van der Waals surface area contributed by atoms with E-state index < -0.39 is 10.0 Å². The van der Waals surface area contributed by atoms with Crippen molar-refractivity contribution in [3.8, 4) is 0 Å². The van der Waals surface area contributed by atoms with Crippen molar-refractivity contribution in [1.29, 1.82) is 0 Å². The Morgan fingerprint density at radius 3 is 2.33 bits per heavy atom. The van der Waals surface area contributed by atoms with Gasteiger partial charge in [-0.05, 0) is 19.1 Å². The summed E-state index contributed by atoms with van der Waals surface area (Å²) in [6.45, 7) is 3.10. The number of sulfonamides is 1. The fraction of sp³-hybridized carbons (Fsp3) is 0.500. The lowest BCUT2D eigenvalue weighted by Gasteiger charge is -2.21. The number of hydrogen-bond acceptors (Lipinski definition) is 3. The number of benzene rings is 1. The molecule has 1 aromatic carbocycles. The van der Waals surface area contributed by atoms with Crippen LogP contribution in [0.15, 0.2) is 29.2 Å². The van der Waals surface area contributed by atoms with Crippen LogP contribution in [-0.2, 0) is 14.8 Å². The normalized spacial score (nSPS) is 12.0. The van der Waals surface area contributed by atoms with E-state index in [4.69, 9.17) is 4.74 Å². The monoisotopic (exact) mass is 335 g/mol. The van der Waals surface area contributed by atoms with Gasteiger partial charge in [-0.15, -0.1) is 0 Å². The zero-order valence-corrected chi connectivity index (χ0v) is 13.0. The topological polar surface area (TPSA) is 46.6 Å². The molecule has 6 heteroatoms. The van der Waals surface area contributed by atoms with Gasteiger partial charge in [0.15, 0.2) is 0 Å². The third-order valence-electron chi connectivity index (χ3n) is 2.54. The van der Waals surface area contributed by atoms with E-state index in [0.29, 0.717) is 29.9 Å². The summed E-state index contributed by atoms with van der Waals surface area (Å²) in [6, 6.07) is 6.88. The highest BCUT2D eigenvalue weighted by molar-refractivity contribution is 9.09. The lowest BCUT2D eigenvalue weighted by Crippen LogP contribution is -2.35. The molecule has 0 amide bonds. The van der Waals surface area contributed by atoms with E-state index in [9.17, 15) is 8.42 Å². The molecule has 0 bridgehead atoms. The van der Waals surface area contributed by atoms with Crippen LogP contribution in [0.5, 0.6) is 0 Å². The Labute approximate surface area is 117 Å². The SMILES string of the molecule is COCCN(CCBr)S(=O)(=O)c1ccc(C)cc1. The van der Waals surface area contributed by atoms with Crippen LogP contribution in [0.25, 0.3) is 0 Å².